The Kier molecular flexibility index (Phi) is 9.47. The fourth-order valence-electron chi connectivity index (χ4n) is 3.55. The zero-order valence-corrected chi connectivity index (χ0v) is 19.4. The van der Waals surface area contributed by atoms with Crippen molar-refractivity contribution < 1.29 is 5.11 Å². The first-order valence-electron chi connectivity index (χ1n) is 9.95. The van der Waals surface area contributed by atoms with Crippen LogP contribution in [-0.4, -0.2) is 42.8 Å². The number of rotatable bonds is 8. The normalized spacial score (nSPS) is 12.4. The lowest BCUT2D eigenvalue weighted by Gasteiger charge is -2.18. The number of H-pyrrole nitrogens is 1. The van der Waals surface area contributed by atoms with Gasteiger partial charge >= 0.3 is 0 Å². The highest BCUT2D eigenvalue weighted by Crippen LogP contribution is 2.22. The number of halogens is 1. The van der Waals surface area contributed by atoms with E-state index in [0.717, 1.165) is 30.9 Å². The second-order valence-corrected chi connectivity index (χ2v) is 6.93. The number of nitrogens with zero attached hydrogens (tertiary/aromatic N) is 1. The molecule has 1 heterocycles. The Hall–Kier alpha value is -2.06. The molecule has 0 saturated carbocycles. The number of nitrogens with one attached hydrogen (secondary N) is 3. The van der Waals surface area contributed by atoms with Crippen molar-refractivity contribution >= 4 is 40.8 Å². The van der Waals surface area contributed by atoms with Crippen LogP contribution < -0.4 is 10.6 Å². The molecule has 4 N–H and O–H groups in total. The molecule has 0 amide bonds. The van der Waals surface area contributed by atoms with E-state index in [-0.39, 0.29) is 36.5 Å². The van der Waals surface area contributed by atoms with E-state index in [1.54, 1.807) is 7.05 Å². The average Bonchev–Trinajstić information content (AvgIpc) is 3.16. The smallest absolute Gasteiger partial charge is 0.191 e. The van der Waals surface area contributed by atoms with E-state index in [9.17, 15) is 5.11 Å². The zero-order valence-electron chi connectivity index (χ0n) is 17.1. The molecule has 29 heavy (non-hydrogen) atoms. The number of fused-ring (bicyclic) bond motifs is 1. The number of aromatic amines is 1. The summed E-state index contributed by atoms with van der Waals surface area (Å²) < 4.78 is 0. The quantitative estimate of drug-likeness (QED) is 0.213. The van der Waals surface area contributed by atoms with Crippen molar-refractivity contribution in [2.75, 3.05) is 26.7 Å². The topological polar surface area (TPSA) is 72.4 Å². The highest BCUT2D eigenvalue weighted by molar-refractivity contribution is 14.0. The Labute approximate surface area is 190 Å². The lowest BCUT2D eigenvalue weighted by atomic mass is 10.0. The Morgan fingerprint density at radius 2 is 1.86 bits per heavy atom. The Bertz CT molecular complexity index is 908. The van der Waals surface area contributed by atoms with Crippen LogP contribution in [0.3, 0.4) is 0 Å². The molecule has 0 radical (unpaired) electrons. The molecule has 156 valence electrons. The molecular formula is C23H31IN4O. The summed E-state index contributed by atoms with van der Waals surface area (Å²) in [5.41, 5.74) is 5.03. The van der Waals surface area contributed by atoms with Gasteiger partial charge in [0.1, 0.15) is 0 Å². The molecule has 0 saturated heterocycles. The number of hydrogen-bond donors (Lipinski definition) is 4. The van der Waals surface area contributed by atoms with E-state index in [0.29, 0.717) is 6.54 Å². The van der Waals surface area contributed by atoms with Crippen LogP contribution in [0.25, 0.3) is 10.9 Å². The second kappa shape index (κ2) is 11.8. The molecule has 1 aromatic heterocycles. The van der Waals surface area contributed by atoms with Gasteiger partial charge in [-0.1, -0.05) is 55.5 Å². The molecule has 3 rings (SSSR count). The molecule has 0 aliphatic rings. The van der Waals surface area contributed by atoms with Gasteiger partial charge in [-0.2, -0.15) is 0 Å². The van der Waals surface area contributed by atoms with Gasteiger partial charge in [0.2, 0.25) is 0 Å². The maximum absolute atomic E-state index is 9.71. The number of aliphatic hydroxyl groups excluding tert-OH is 1. The Morgan fingerprint density at radius 1 is 1.07 bits per heavy atom. The summed E-state index contributed by atoms with van der Waals surface area (Å²) >= 11 is 0. The van der Waals surface area contributed by atoms with Gasteiger partial charge in [-0.15, -0.1) is 24.0 Å². The number of hydrogen-bond acceptors (Lipinski definition) is 2. The maximum Gasteiger partial charge on any atom is 0.191 e. The van der Waals surface area contributed by atoms with E-state index >= 15 is 0 Å². The summed E-state index contributed by atoms with van der Waals surface area (Å²) in [7, 11) is 1.77. The predicted molar refractivity (Wildman–Crippen MR) is 132 cm³/mol. The predicted octanol–water partition coefficient (Wildman–Crippen LogP) is 3.83. The lowest BCUT2D eigenvalue weighted by molar-refractivity contribution is 0.265. The zero-order chi connectivity index (χ0) is 19.8. The van der Waals surface area contributed by atoms with Crippen LogP contribution in [0, 0.1) is 0 Å². The summed E-state index contributed by atoms with van der Waals surface area (Å²) in [6.45, 7) is 3.70. The van der Waals surface area contributed by atoms with Crippen LogP contribution in [0.2, 0.25) is 0 Å². The molecule has 0 aliphatic heterocycles. The molecule has 2 aromatic carbocycles. The summed E-state index contributed by atoms with van der Waals surface area (Å²) in [6, 6.07) is 16.5. The van der Waals surface area contributed by atoms with Crippen molar-refractivity contribution in [3.8, 4) is 0 Å². The minimum absolute atomic E-state index is 0. The number of aliphatic hydroxyl groups is 1. The molecular weight excluding hydrogens is 475 g/mol. The van der Waals surface area contributed by atoms with Crippen LogP contribution in [0.15, 0.2) is 59.7 Å². The van der Waals surface area contributed by atoms with Crippen molar-refractivity contribution in [1.29, 1.82) is 0 Å². The van der Waals surface area contributed by atoms with Crippen LogP contribution in [-0.2, 0) is 12.8 Å². The monoisotopic (exact) mass is 506 g/mol. The van der Waals surface area contributed by atoms with Crippen molar-refractivity contribution in [3.05, 3.63) is 71.4 Å². The molecule has 3 aromatic rings. The molecule has 0 aliphatic carbocycles. The van der Waals surface area contributed by atoms with E-state index in [1.165, 1.54) is 22.0 Å². The highest BCUT2D eigenvalue weighted by atomic mass is 127. The van der Waals surface area contributed by atoms with Gasteiger partial charge in [0.05, 0.1) is 6.61 Å². The van der Waals surface area contributed by atoms with Crippen LogP contribution >= 0.6 is 24.0 Å². The maximum atomic E-state index is 9.71. The first-order chi connectivity index (χ1) is 13.8. The molecule has 0 spiro atoms. The SMILES string of the molecule is CCc1cccc2c(CCNC(=NC)NCC(CO)c3ccccc3)c[nH]c12.I. The highest BCUT2D eigenvalue weighted by Gasteiger charge is 2.11. The average molecular weight is 506 g/mol. The molecule has 0 bridgehead atoms. The number of para-hydroxylation sites is 1. The number of aliphatic imine (C=N–C) groups is 1. The summed E-state index contributed by atoms with van der Waals surface area (Å²) in [5.74, 6) is 0.796. The van der Waals surface area contributed by atoms with Crippen LogP contribution in [0.1, 0.15) is 29.5 Å². The van der Waals surface area contributed by atoms with Gasteiger partial charge in [0, 0.05) is 43.2 Å². The third-order valence-electron chi connectivity index (χ3n) is 5.19. The molecule has 1 unspecified atom stereocenters. The standard InChI is InChI=1S/C23H30N4O.HI/c1-3-17-10-7-11-21-19(14-26-22(17)21)12-13-25-23(24-2)27-15-20(16-28)18-8-5-4-6-9-18;/h4-11,14,20,26,28H,3,12-13,15-16H2,1-2H3,(H2,24,25,27);1H. The van der Waals surface area contributed by atoms with Gasteiger partial charge in [0.25, 0.3) is 0 Å². The van der Waals surface area contributed by atoms with Crippen LogP contribution in [0.5, 0.6) is 0 Å². The van der Waals surface area contributed by atoms with Crippen molar-refractivity contribution in [3.63, 3.8) is 0 Å². The minimum atomic E-state index is 0. The first-order valence-corrected chi connectivity index (χ1v) is 9.95. The van der Waals surface area contributed by atoms with Crippen molar-refractivity contribution in [2.45, 2.75) is 25.7 Å². The second-order valence-electron chi connectivity index (χ2n) is 6.93. The fourth-order valence-corrected chi connectivity index (χ4v) is 3.55. The minimum Gasteiger partial charge on any atom is -0.396 e. The fraction of sp³-hybridized carbons (Fsp3) is 0.348. The van der Waals surface area contributed by atoms with Gasteiger partial charge in [-0.25, -0.2) is 0 Å². The van der Waals surface area contributed by atoms with Gasteiger partial charge in [0.15, 0.2) is 5.96 Å². The van der Waals surface area contributed by atoms with Crippen molar-refractivity contribution in [2.24, 2.45) is 4.99 Å². The Balaban J connectivity index is 0.00000300. The molecule has 0 fully saturated rings. The summed E-state index contributed by atoms with van der Waals surface area (Å²) in [4.78, 5) is 7.73. The van der Waals surface area contributed by atoms with Crippen molar-refractivity contribution in [1.82, 2.24) is 15.6 Å². The third-order valence-corrected chi connectivity index (χ3v) is 5.19. The van der Waals surface area contributed by atoms with Gasteiger partial charge < -0.3 is 20.7 Å². The number of aryl methyl sites for hydroxylation is 1. The van der Waals surface area contributed by atoms with E-state index < -0.39 is 0 Å². The summed E-state index contributed by atoms with van der Waals surface area (Å²) in [5, 5.41) is 17.7. The summed E-state index contributed by atoms with van der Waals surface area (Å²) in [6.07, 6.45) is 4.05. The molecule has 6 heteroatoms. The first kappa shape index (κ1) is 23.2. The Morgan fingerprint density at radius 3 is 2.55 bits per heavy atom. The van der Waals surface area contributed by atoms with E-state index in [4.69, 9.17) is 0 Å². The van der Waals surface area contributed by atoms with Gasteiger partial charge in [-0.05, 0) is 29.5 Å². The number of benzene rings is 2. The molecule has 5 nitrogen and oxygen atoms in total. The largest absolute Gasteiger partial charge is 0.396 e. The third kappa shape index (κ3) is 5.96. The van der Waals surface area contributed by atoms with E-state index in [2.05, 4.69) is 51.9 Å². The molecule has 1 atom stereocenters. The van der Waals surface area contributed by atoms with Gasteiger partial charge in [-0.3, -0.25) is 4.99 Å². The van der Waals surface area contributed by atoms with E-state index in [1.807, 2.05) is 30.3 Å². The number of aromatic nitrogens is 1. The lowest BCUT2D eigenvalue weighted by Crippen LogP contribution is -2.40. The van der Waals surface area contributed by atoms with Crippen LogP contribution in [0.4, 0.5) is 0 Å². The number of guanidine groups is 1.